The van der Waals surface area contributed by atoms with Crippen LogP contribution >= 0.6 is 11.6 Å². The van der Waals surface area contributed by atoms with Crippen LogP contribution in [-0.4, -0.2) is 5.88 Å². The summed E-state index contributed by atoms with van der Waals surface area (Å²) in [6.45, 7) is 0. The number of hydrogen-bond acceptors (Lipinski definition) is 0. The van der Waals surface area contributed by atoms with Crippen molar-refractivity contribution in [3.8, 4) is 5.92 Å². The third kappa shape index (κ3) is 12.7. The van der Waals surface area contributed by atoms with Crippen molar-refractivity contribution in [3.05, 3.63) is 6.42 Å². The first-order valence-corrected chi connectivity index (χ1v) is 1.41. The molecule has 2 heteroatoms. The van der Waals surface area contributed by atoms with Crippen molar-refractivity contribution in [3.63, 3.8) is 0 Å². The molecule has 5 heavy (non-hydrogen) atoms. The average molecular weight is 80.4 g/mol. The maximum absolute atomic E-state index is 6.07. The van der Waals surface area contributed by atoms with Crippen LogP contribution in [0.3, 0.4) is 0 Å². The van der Waals surface area contributed by atoms with E-state index >= 15 is 0 Å². The van der Waals surface area contributed by atoms with E-state index in [1.807, 2.05) is 5.92 Å². The van der Waals surface area contributed by atoms with Crippen LogP contribution in [0, 0.1) is 12.3 Å². The summed E-state index contributed by atoms with van der Waals surface area (Å²) in [5, 5.41) is 0. The summed E-state index contributed by atoms with van der Waals surface area (Å²) < 4.78 is 0. The molecule has 0 atom stereocenters. The van der Waals surface area contributed by atoms with E-state index in [9.17, 15) is 0 Å². The van der Waals surface area contributed by atoms with Crippen LogP contribution in [0.15, 0.2) is 0 Å². The fourth-order valence-corrected chi connectivity index (χ4v) is 0. The van der Waals surface area contributed by atoms with Gasteiger partial charge < -0.3 is 12.3 Å². The molecule has 0 nitrogen and oxygen atoms in total. The standard InChI is InChI=1S/C3H2Cl.Li/c1-2-3-4;/h3H2;/q-1;+1. The van der Waals surface area contributed by atoms with Crippen molar-refractivity contribution in [2.45, 2.75) is 0 Å². The van der Waals surface area contributed by atoms with Gasteiger partial charge in [0.15, 0.2) is 0 Å². The predicted octanol–water partition coefficient (Wildman–Crippen LogP) is -2.18. The number of hydrogen-bond donors (Lipinski definition) is 0. The molecule has 0 fully saturated rings. The Hall–Kier alpha value is 0.447. The van der Waals surface area contributed by atoms with Crippen LogP contribution in [0.2, 0.25) is 0 Å². The molecule has 0 aromatic rings. The van der Waals surface area contributed by atoms with E-state index in [-0.39, 0.29) is 24.7 Å². The molecule has 22 valence electrons. The Morgan fingerprint density at radius 1 is 1.80 bits per heavy atom. The quantitative estimate of drug-likeness (QED) is 0.134. The zero-order valence-electron chi connectivity index (χ0n) is 3.09. The number of halogens is 1. The van der Waals surface area contributed by atoms with Crippen molar-refractivity contribution in [1.29, 1.82) is 0 Å². The zero-order valence-corrected chi connectivity index (χ0v) is 3.84. The first kappa shape index (κ1) is 9.07. The normalized spacial score (nSPS) is 4.00. The third-order valence-electron chi connectivity index (χ3n) is 0.0668. The summed E-state index contributed by atoms with van der Waals surface area (Å²) in [5.41, 5.74) is 0. The van der Waals surface area contributed by atoms with Crippen LogP contribution in [0.4, 0.5) is 0 Å². The van der Waals surface area contributed by atoms with Gasteiger partial charge in [0, 0.05) is 5.88 Å². The summed E-state index contributed by atoms with van der Waals surface area (Å²) in [7, 11) is 0. The van der Waals surface area contributed by atoms with Gasteiger partial charge >= 0.3 is 18.9 Å². The SMILES string of the molecule is [C-]#CCCl.[Li+]. The van der Waals surface area contributed by atoms with Crippen LogP contribution in [0.1, 0.15) is 0 Å². The first-order valence-electron chi connectivity index (χ1n) is 0.871. The Bertz CT molecular complexity index is 36.6. The van der Waals surface area contributed by atoms with E-state index < -0.39 is 0 Å². The Morgan fingerprint density at radius 3 is 2.00 bits per heavy atom. The molecule has 0 radical (unpaired) electrons. The van der Waals surface area contributed by atoms with E-state index in [0.717, 1.165) is 0 Å². The molecule has 0 heterocycles. The van der Waals surface area contributed by atoms with Crippen LogP contribution in [-0.2, 0) is 0 Å². The molecule has 0 aliphatic rings. The fourth-order valence-electron chi connectivity index (χ4n) is 0. The number of rotatable bonds is 0. The largest absolute Gasteiger partial charge is 1.00 e. The summed E-state index contributed by atoms with van der Waals surface area (Å²) >= 11 is 4.89. The Kier molecular flexibility index (Phi) is 16.0. The second kappa shape index (κ2) is 8.82. The minimum Gasteiger partial charge on any atom is -0.692 e. The summed E-state index contributed by atoms with van der Waals surface area (Å²) in [6.07, 6.45) is 6.07. The predicted molar refractivity (Wildman–Crippen MR) is 17.9 cm³/mol. The molecule has 0 unspecified atom stereocenters. The molecular formula is C3H2ClLi. The van der Waals surface area contributed by atoms with Crippen molar-refractivity contribution in [1.82, 2.24) is 0 Å². The Balaban J connectivity index is 0. The van der Waals surface area contributed by atoms with E-state index in [1.165, 1.54) is 0 Å². The van der Waals surface area contributed by atoms with Crippen LogP contribution < -0.4 is 18.9 Å². The van der Waals surface area contributed by atoms with Crippen molar-refractivity contribution >= 4 is 11.6 Å². The van der Waals surface area contributed by atoms with E-state index in [2.05, 4.69) is 0 Å². The van der Waals surface area contributed by atoms with E-state index in [1.54, 1.807) is 0 Å². The van der Waals surface area contributed by atoms with Gasteiger partial charge in [-0.25, -0.2) is 0 Å². The number of alkyl halides is 1. The van der Waals surface area contributed by atoms with Gasteiger partial charge in [0.2, 0.25) is 0 Å². The van der Waals surface area contributed by atoms with Gasteiger partial charge in [0.25, 0.3) is 0 Å². The van der Waals surface area contributed by atoms with Crippen molar-refractivity contribution in [2.24, 2.45) is 0 Å². The Labute approximate surface area is 49.1 Å². The molecule has 0 aromatic carbocycles. The third-order valence-corrected chi connectivity index (χ3v) is 0.200. The minimum atomic E-state index is 0. The average Bonchev–Trinajstić information content (AvgIpc) is 1.37. The topological polar surface area (TPSA) is 0 Å². The molecule has 0 spiro atoms. The van der Waals surface area contributed by atoms with Crippen molar-refractivity contribution < 1.29 is 18.9 Å². The summed E-state index contributed by atoms with van der Waals surface area (Å²) in [4.78, 5) is 0. The first-order chi connectivity index (χ1) is 1.91. The van der Waals surface area contributed by atoms with Gasteiger partial charge in [-0.1, -0.05) is 0 Å². The summed E-state index contributed by atoms with van der Waals surface area (Å²) in [5.74, 6) is 2.15. The maximum atomic E-state index is 6.07. The van der Waals surface area contributed by atoms with Gasteiger partial charge in [-0.05, 0) is 0 Å². The molecule has 0 aromatic heterocycles. The molecule has 0 amide bonds. The molecule has 0 saturated heterocycles. The fraction of sp³-hybridized carbons (Fsp3) is 0.333. The minimum absolute atomic E-state index is 0. The van der Waals surface area contributed by atoms with E-state index in [0.29, 0.717) is 0 Å². The summed E-state index contributed by atoms with van der Waals surface area (Å²) in [6, 6.07) is 0. The van der Waals surface area contributed by atoms with Gasteiger partial charge in [-0.15, -0.1) is 11.6 Å². The van der Waals surface area contributed by atoms with Gasteiger partial charge in [-0.2, -0.15) is 0 Å². The second-order valence-corrected chi connectivity index (χ2v) is 0.578. The van der Waals surface area contributed by atoms with Crippen LogP contribution in [0.25, 0.3) is 0 Å². The monoisotopic (exact) mass is 80.0 g/mol. The van der Waals surface area contributed by atoms with Gasteiger partial charge in [0.05, 0.1) is 0 Å². The van der Waals surface area contributed by atoms with Gasteiger partial charge in [0.1, 0.15) is 0 Å². The molecule has 0 aliphatic heterocycles. The molecule has 0 bridgehead atoms. The molecule has 0 aliphatic carbocycles. The molecule has 0 N–H and O–H groups in total. The smallest absolute Gasteiger partial charge is 0.692 e. The molecule has 0 rings (SSSR count). The molecular weight excluding hydrogens is 78.4 g/mol. The van der Waals surface area contributed by atoms with E-state index in [4.69, 9.17) is 18.0 Å². The van der Waals surface area contributed by atoms with Gasteiger partial charge in [-0.3, -0.25) is 0 Å². The second-order valence-electron chi connectivity index (χ2n) is 0.310. The maximum Gasteiger partial charge on any atom is 1.00 e. The van der Waals surface area contributed by atoms with Crippen LogP contribution in [0.5, 0.6) is 0 Å². The zero-order chi connectivity index (χ0) is 3.41. The van der Waals surface area contributed by atoms with Crippen molar-refractivity contribution in [2.75, 3.05) is 5.88 Å². The molecule has 0 saturated carbocycles. The Morgan fingerprint density at radius 2 is 2.00 bits per heavy atom.